The second-order valence-corrected chi connectivity index (χ2v) is 5.19. The fourth-order valence-corrected chi connectivity index (χ4v) is 2.58. The molecule has 0 aromatic rings. The van der Waals surface area contributed by atoms with E-state index in [0.29, 0.717) is 18.8 Å². The van der Waals surface area contributed by atoms with Gasteiger partial charge in [-0.25, -0.2) is 0 Å². The Labute approximate surface area is 95.4 Å². The Bertz CT molecular complexity index is 303. The number of amides is 1. The molecular formula is C12H19NO3. The van der Waals surface area contributed by atoms with E-state index in [4.69, 9.17) is 5.11 Å². The van der Waals surface area contributed by atoms with Crippen molar-refractivity contribution in [3.63, 3.8) is 0 Å². The summed E-state index contributed by atoms with van der Waals surface area (Å²) in [7, 11) is 0. The molecule has 2 aliphatic rings. The van der Waals surface area contributed by atoms with Crippen LogP contribution in [-0.2, 0) is 9.59 Å². The van der Waals surface area contributed by atoms with Gasteiger partial charge in [0.25, 0.3) is 0 Å². The van der Waals surface area contributed by atoms with Crippen molar-refractivity contribution in [3.05, 3.63) is 0 Å². The van der Waals surface area contributed by atoms with E-state index in [-0.39, 0.29) is 11.9 Å². The number of hydrogen-bond donors (Lipinski definition) is 2. The van der Waals surface area contributed by atoms with Crippen molar-refractivity contribution in [2.75, 3.05) is 0 Å². The first kappa shape index (κ1) is 11.4. The Kier molecular flexibility index (Phi) is 2.91. The average molecular weight is 225 g/mol. The van der Waals surface area contributed by atoms with E-state index < -0.39 is 11.4 Å². The largest absolute Gasteiger partial charge is 0.480 e. The number of carbonyl (C=O) groups is 2. The molecule has 1 amide bonds. The minimum Gasteiger partial charge on any atom is -0.480 e. The lowest BCUT2D eigenvalue weighted by molar-refractivity contribution is -0.149. The van der Waals surface area contributed by atoms with Gasteiger partial charge in [0.1, 0.15) is 5.41 Å². The van der Waals surface area contributed by atoms with Gasteiger partial charge >= 0.3 is 5.97 Å². The van der Waals surface area contributed by atoms with Gasteiger partial charge < -0.3 is 10.4 Å². The molecule has 0 spiro atoms. The molecule has 2 fully saturated rings. The Balaban J connectivity index is 1.89. The standard InChI is InChI=1S/C12H19NO3/c1-8(9-4-2-3-5-9)13-10(14)12(6-7-12)11(15)16/h8-9H,2-7H2,1H3,(H,13,14)(H,15,16). The second-order valence-electron chi connectivity index (χ2n) is 5.19. The zero-order valence-electron chi connectivity index (χ0n) is 9.66. The third-order valence-electron chi connectivity index (χ3n) is 4.06. The summed E-state index contributed by atoms with van der Waals surface area (Å²) in [5.41, 5.74) is -1.09. The molecule has 2 saturated carbocycles. The predicted octanol–water partition coefficient (Wildman–Crippen LogP) is 1.55. The molecule has 0 aromatic carbocycles. The van der Waals surface area contributed by atoms with Crippen molar-refractivity contribution >= 4 is 11.9 Å². The number of carboxylic acids is 1. The highest BCUT2D eigenvalue weighted by Crippen LogP contribution is 2.46. The summed E-state index contributed by atoms with van der Waals surface area (Å²) in [5.74, 6) is -0.712. The summed E-state index contributed by atoms with van der Waals surface area (Å²) in [6.45, 7) is 1.99. The highest BCUT2D eigenvalue weighted by Gasteiger charge is 2.57. The lowest BCUT2D eigenvalue weighted by atomic mass is 9.98. The lowest BCUT2D eigenvalue weighted by Gasteiger charge is -2.22. The number of carbonyl (C=O) groups excluding carboxylic acids is 1. The van der Waals surface area contributed by atoms with E-state index in [1.165, 1.54) is 12.8 Å². The molecule has 0 bridgehead atoms. The Hall–Kier alpha value is -1.06. The molecule has 0 heterocycles. The average Bonchev–Trinajstić information content (AvgIpc) is 2.87. The third-order valence-corrected chi connectivity index (χ3v) is 4.06. The van der Waals surface area contributed by atoms with Crippen LogP contribution in [0.5, 0.6) is 0 Å². The number of aliphatic carboxylic acids is 1. The van der Waals surface area contributed by atoms with Crippen LogP contribution in [0, 0.1) is 11.3 Å². The van der Waals surface area contributed by atoms with Gasteiger partial charge in [-0.1, -0.05) is 12.8 Å². The summed E-state index contributed by atoms with van der Waals surface area (Å²) in [6, 6.07) is 0.117. The van der Waals surface area contributed by atoms with Crippen LogP contribution in [0.3, 0.4) is 0 Å². The van der Waals surface area contributed by atoms with Crippen LogP contribution in [0.2, 0.25) is 0 Å². The molecule has 1 atom stereocenters. The maximum Gasteiger partial charge on any atom is 0.319 e. The van der Waals surface area contributed by atoms with Crippen LogP contribution in [0.15, 0.2) is 0 Å². The first-order chi connectivity index (χ1) is 7.56. The fraction of sp³-hybridized carbons (Fsp3) is 0.833. The predicted molar refractivity (Wildman–Crippen MR) is 58.9 cm³/mol. The van der Waals surface area contributed by atoms with E-state index in [2.05, 4.69) is 5.32 Å². The molecular weight excluding hydrogens is 206 g/mol. The molecule has 4 nitrogen and oxygen atoms in total. The number of nitrogens with one attached hydrogen (secondary N) is 1. The summed E-state index contributed by atoms with van der Waals surface area (Å²) < 4.78 is 0. The maximum absolute atomic E-state index is 11.8. The van der Waals surface area contributed by atoms with Gasteiger partial charge in [-0.2, -0.15) is 0 Å². The minimum atomic E-state index is -1.09. The molecule has 0 saturated heterocycles. The van der Waals surface area contributed by atoms with Crippen molar-refractivity contribution in [1.82, 2.24) is 5.32 Å². The molecule has 90 valence electrons. The van der Waals surface area contributed by atoms with Crippen molar-refractivity contribution in [1.29, 1.82) is 0 Å². The summed E-state index contributed by atoms with van der Waals surface area (Å²) in [4.78, 5) is 22.8. The molecule has 16 heavy (non-hydrogen) atoms. The first-order valence-corrected chi connectivity index (χ1v) is 6.10. The van der Waals surface area contributed by atoms with Gasteiger partial charge in [0.15, 0.2) is 0 Å². The van der Waals surface area contributed by atoms with Gasteiger partial charge in [0.2, 0.25) is 5.91 Å². The fourth-order valence-electron chi connectivity index (χ4n) is 2.58. The van der Waals surface area contributed by atoms with E-state index >= 15 is 0 Å². The number of rotatable bonds is 4. The Morgan fingerprint density at radius 3 is 2.31 bits per heavy atom. The SMILES string of the molecule is CC(NC(=O)C1(C(=O)O)CC1)C1CCCC1. The smallest absolute Gasteiger partial charge is 0.319 e. The molecule has 2 aliphatic carbocycles. The molecule has 0 aromatic heterocycles. The minimum absolute atomic E-state index is 0.117. The van der Waals surface area contributed by atoms with Crippen LogP contribution in [0.25, 0.3) is 0 Å². The first-order valence-electron chi connectivity index (χ1n) is 6.10. The Morgan fingerprint density at radius 2 is 1.88 bits per heavy atom. The van der Waals surface area contributed by atoms with Crippen molar-refractivity contribution in [2.24, 2.45) is 11.3 Å². The van der Waals surface area contributed by atoms with Crippen LogP contribution >= 0.6 is 0 Å². The Morgan fingerprint density at radius 1 is 1.31 bits per heavy atom. The quantitative estimate of drug-likeness (QED) is 0.713. The molecule has 2 rings (SSSR count). The van der Waals surface area contributed by atoms with E-state index in [1.54, 1.807) is 0 Å². The van der Waals surface area contributed by atoms with E-state index in [1.807, 2.05) is 6.92 Å². The maximum atomic E-state index is 11.8. The topological polar surface area (TPSA) is 66.4 Å². The summed E-state index contributed by atoms with van der Waals surface area (Å²) in [5, 5.41) is 11.9. The molecule has 4 heteroatoms. The van der Waals surface area contributed by atoms with Gasteiger partial charge in [0.05, 0.1) is 0 Å². The van der Waals surface area contributed by atoms with Gasteiger partial charge in [-0.15, -0.1) is 0 Å². The monoisotopic (exact) mass is 225 g/mol. The third kappa shape index (κ3) is 1.93. The molecule has 1 unspecified atom stereocenters. The molecule has 2 N–H and O–H groups in total. The van der Waals surface area contributed by atoms with Gasteiger partial charge in [-0.05, 0) is 38.5 Å². The second kappa shape index (κ2) is 4.07. The van der Waals surface area contributed by atoms with Crippen LogP contribution in [0.1, 0.15) is 45.4 Å². The van der Waals surface area contributed by atoms with E-state index in [9.17, 15) is 9.59 Å². The van der Waals surface area contributed by atoms with E-state index in [0.717, 1.165) is 12.8 Å². The van der Waals surface area contributed by atoms with Crippen molar-refractivity contribution in [3.8, 4) is 0 Å². The van der Waals surface area contributed by atoms with Crippen LogP contribution in [0.4, 0.5) is 0 Å². The van der Waals surface area contributed by atoms with Gasteiger partial charge in [0, 0.05) is 6.04 Å². The zero-order valence-corrected chi connectivity index (χ0v) is 9.66. The zero-order chi connectivity index (χ0) is 11.8. The highest BCUT2D eigenvalue weighted by atomic mass is 16.4. The number of hydrogen-bond acceptors (Lipinski definition) is 2. The van der Waals surface area contributed by atoms with Crippen LogP contribution in [-0.4, -0.2) is 23.0 Å². The van der Waals surface area contributed by atoms with Crippen molar-refractivity contribution in [2.45, 2.75) is 51.5 Å². The number of carboxylic acid groups (broad SMARTS) is 1. The van der Waals surface area contributed by atoms with Crippen molar-refractivity contribution < 1.29 is 14.7 Å². The summed E-state index contributed by atoms with van der Waals surface area (Å²) >= 11 is 0. The van der Waals surface area contributed by atoms with Gasteiger partial charge in [-0.3, -0.25) is 9.59 Å². The van der Waals surface area contributed by atoms with Crippen LogP contribution < -0.4 is 5.32 Å². The molecule has 0 aliphatic heterocycles. The summed E-state index contributed by atoms with van der Waals surface area (Å²) in [6.07, 6.45) is 5.75. The lowest BCUT2D eigenvalue weighted by Crippen LogP contribution is -2.44. The molecule has 0 radical (unpaired) electrons. The normalized spacial score (nSPS) is 25.1. The highest BCUT2D eigenvalue weighted by molar-refractivity contribution is 6.04.